The van der Waals surface area contributed by atoms with Crippen molar-refractivity contribution in [2.75, 3.05) is 6.54 Å². The molecule has 0 aliphatic carbocycles. The van der Waals surface area contributed by atoms with Gasteiger partial charge in [0, 0.05) is 0 Å². The van der Waals surface area contributed by atoms with Gasteiger partial charge in [-0.1, -0.05) is 5.22 Å². The fraction of sp³-hybridized carbons (Fsp3) is 1.00. The van der Waals surface area contributed by atoms with Crippen molar-refractivity contribution in [3.05, 3.63) is 0 Å². The number of rotatable bonds is 2. The second-order valence-corrected chi connectivity index (χ2v) is 1.29. The summed E-state index contributed by atoms with van der Waals surface area (Å²) in [5, 5.41) is 14.7. The van der Waals surface area contributed by atoms with Gasteiger partial charge in [0.05, 0.1) is 12.6 Å². The maximum absolute atomic E-state index is 8.47. The molecule has 4 nitrogen and oxygen atoms in total. The Kier molecular flexibility index (Phi) is 3.22. The highest BCUT2D eigenvalue weighted by Gasteiger charge is 1.87. The molecule has 0 aliphatic heterocycles. The van der Waals surface area contributed by atoms with Gasteiger partial charge in [-0.05, 0) is 6.92 Å². The van der Waals surface area contributed by atoms with E-state index in [1.54, 1.807) is 6.92 Å². The molecule has 0 fully saturated rings. The molecule has 0 bridgehead atoms. The molecule has 0 aliphatic rings. The highest BCUT2D eigenvalue weighted by atomic mass is 16.3. The summed E-state index contributed by atoms with van der Waals surface area (Å²) in [5.41, 5.74) is 0. The maximum Gasteiger partial charge on any atom is 0.0876 e. The van der Waals surface area contributed by atoms with Crippen molar-refractivity contribution in [2.24, 2.45) is 16.2 Å². The Morgan fingerprint density at radius 2 is 2.43 bits per heavy atom. The minimum absolute atomic E-state index is 0.288. The van der Waals surface area contributed by atoms with Crippen LogP contribution >= 0.6 is 0 Å². The van der Waals surface area contributed by atoms with Gasteiger partial charge in [0.2, 0.25) is 0 Å². The molecular formula is C3H9N3O. The Balaban J connectivity index is 2.97. The van der Waals surface area contributed by atoms with Crippen LogP contribution in [0.25, 0.3) is 0 Å². The maximum atomic E-state index is 8.47. The summed E-state index contributed by atoms with van der Waals surface area (Å²) >= 11 is 0. The predicted octanol–water partition coefficient (Wildman–Crippen LogP) is -0.307. The van der Waals surface area contributed by atoms with Crippen molar-refractivity contribution in [3.63, 3.8) is 0 Å². The van der Waals surface area contributed by atoms with E-state index in [4.69, 9.17) is 5.11 Å². The van der Waals surface area contributed by atoms with Crippen LogP contribution in [0.15, 0.2) is 10.3 Å². The van der Waals surface area contributed by atoms with E-state index in [-0.39, 0.29) is 6.54 Å². The van der Waals surface area contributed by atoms with Crippen molar-refractivity contribution < 1.29 is 5.11 Å². The lowest BCUT2D eigenvalue weighted by Gasteiger charge is -1.91. The molecule has 0 rings (SSSR count). The average molecular weight is 103 g/mol. The molecule has 0 heterocycles. The molecule has 0 saturated carbocycles. The summed E-state index contributed by atoms with van der Waals surface area (Å²) in [7, 11) is 0. The van der Waals surface area contributed by atoms with Gasteiger partial charge in [0.25, 0.3) is 0 Å². The fourth-order valence-electron chi connectivity index (χ4n) is 0.165. The molecule has 0 aromatic heterocycles. The lowest BCUT2D eigenvalue weighted by molar-refractivity contribution is 0.201. The van der Waals surface area contributed by atoms with Crippen LogP contribution in [0.3, 0.4) is 0 Å². The topological polar surface area (TPSA) is 71.0 Å². The summed E-state index contributed by atoms with van der Waals surface area (Å²) < 4.78 is 0. The Labute approximate surface area is 42.0 Å². The van der Waals surface area contributed by atoms with Crippen molar-refractivity contribution in [1.29, 1.82) is 0 Å². The summed E-state index contributed by atoms with van der Waals surface area (Å²) in [6, 6.07) is 0. The molecule has 0 aromatic rings. The van der Waals surface area contributed by atoms with Crippen LogP contribution in [0.1, 0.15) is 6.92 Å². The lowest BCUT2D eigenvalue weighted by Crippen LogP contribution is -2.03. The van der Waals surface area contributed by atoms with E-state index in [9.17, 15) is 0 Å². The Bertz CT molecular complexity index is 61.2. The molecule has 7 heavy (non-hydrogen) atoms. The van der Waals surface area contributed by atoms with Gasteiger partial charge in [-0.3, -0.25) is 0 Å². The van der Waals surface area contributed by atoms with Crippen LogP contribution in [0.2, 0.25) is 0 Å². The second kappa shape index (κ2) is 3.55. The zero-order valence-corrected chi connectivity index (χ0v) is 4.20. The third-order valence-corrected chi connectivity index (χ3v) is 0.428. The molecule has 4 heteroatoms. The Morgan fingerprint density at radius 1 is 1.86 bits per heavy atom. The summed E-state index contributed by atoms with van der Waals surface area (Å²) in [6.45, 7) is 1.91. The summed E-state index contributed by atoms with van der Waals surface area (Å²) in [4.78, 5) is 0. The lowest BCUT2D eigenvalue weighted by atomic mass is 10.4. The smallest absolute Gasteiger partial charge is 0.0876 e. The highest BCUT2D eigenvalue weighted by Crippen LogP contribution is 1.78. The first-order valence-electron chi connectivity index (χ1n) is 2.02. The molecule has 0 aromatic carbocycles. The number of nitrogens with zero attached hydrogens (tertiary/aromatic N) is 2. The molecule has 0 saturated heterocycles. The molecule has 0 amide bonds. The summed E-state index contributed by atoms with van der Waals surface area (Å²) in [6.07, 6.45) is -0.438. The SMILES string of the molecule is C[C@H](O)CN=NN. The number of nitrogens with two attached hydrogens (primary N) is 1. The number of aliphatic hydroxyl groups excluding tert-OH is 1. The number of hydrogen-bond donors (Lipinski definition) is 2. The zero-order valence-electron chi connectivity index (χ0n) is 4.20. The van der Waals surface area contributed by atoms with E-state index in [1.807, 2.05) is 0 Å². The number of aliphatic hydroxyl groups is 1. The monoisotopic (exact) mass is 103 g/mol. The number of hydrogen-bond acceptors (Lipinski definition) is 3. The third kappa shape index (κ3) is 5.36. The van der Waals surface area contributed by atoms with Gasteiger partial charge in [0.1, 0.15) is 0 Å². The van der Waals surface area contributed by atoms with Gasteiger partial charge in [0.15, 0.2) is 0 Å². The molecule has 0 radical (unpaired) electrons. The van der Waals surface area contributed by atoms with E-state index in [0.29, 0.717) is 0 Å². The first-order valence-corrected chi connectivity index (χ1v) is 2.02. The van der Waals surface area contributed by atoms with Crippen LogP contribution in [-0.2, 0) is 0 Å². The first kappa shape index (κ1) is 6.36. The average Bonchev–Trinajstić information content (AvgIpc) is 1.61. The largest absolute Gasteiger partial charge is 0.391 e. The third-order valence-electron chi connectivity index (χ3n) is 0.428. The van der Waals surface area contributed by atoms with E-state index < -0.39 is 6.10 Å². The van der Waals surface area contributed by atoms with Crippen LogP contribution < -0.4 is 5.84 Å². The van der Waals surface area contributed by atoms with Gasteiger partial charge < -0.3 is 10.9 Å². The van der Waals surface area contributed by atoms with Crippen LogP contribution in [0, 0.1) is 0 Å². The molecule has 0 unspecified atom stereocenters. The van der Waals surface area contributed by atoms with Crippen molar-refractivity contribution >= 4 is 0 Å². The molecule has 42 valence electrons. The van der Waals surface area contributed by atoms with E-state index in [0.717, 1.165) is 0 Å². The molecule has 1 atom stereocenters. The Hall–Kier alpha value is -0.640. The fourth-order valence-corrected chi connectivity index (χ4v) is 0.165. The quantitative estimate of drug-likeness (QED) is 0.286. The Morgan fingerprint density at radius 3 is 2.57 bits per heavy atom. The normalized spacial score (nSPS) is 15.1. The van der Waals surface area contributed by atoms with Gasteiger partial charge in [-0.25, -0.2) is 0 Å². The minimum atomic E-state index is -0.438. The van der Waals surface area contributed by atoms with Gasteiger partial charge in [-0.2, -0.15) is 5.11 Å². The molecular weight excluding hydrogens is 94.1 g/mol. The first-order chi connectivity index (χ1) is 3.27. The van der Waals surface area contributed by atoms with Crippen molar-refractivity contribution in [2.45, 2.75) is 13.0 Å². The van der Waals surface area contributed by atoms with E-state index in [2.05, 4.69) is 16.2 Å². The van der Waals surface area contributed by atoms with Crippen molar-refractivity contribution in [1.82, 2.24) is 0 Å². The van der Waals surface area contributed by atoms with Gasteiger partial charge in [-0.15, -0.1) is 0 Å². The standard InChI is InChI=1S/C3H9N3O/c1-3(7)2-5-6-4/h3,7H,2H2,1H3,(H2,4,5)/t3-/m0/s1. The minimum Gasteiger partial charge on any atom is -0.391 e. The second-order valence-electron chi connectivity index (χ2n) is 1.29. The van der Waals surface area contributed by atoms with Crippen LogP contribution in [0.5, 0.6) is 0 Å². The van der Waals surface area contributed by atoms with Crippen molar-refractivity contribution in [3.8, 4) is 0 Å². The van der Waals surface area contributed by atoms with Crippen LogP contribution in [-0.4, -0.2) is 17.8 Å². The molecule has 3 N–H and O–H groups in total. The zero-order chi connectivity index (χ0) is 5.70. The highest BCUT2D eigenvalue weighted by molar-refractivity contribution is 4.44. The summed E-state index contributed by atoms with van der Waals surface area (Å²) in [5.74, 6) is 4.62. The van der Waals surface area contributed by atoms with Gasteiger partial charge >= 0.3 is 0 Å². The predicted molar refractivity (Wildman–Crippen MR) is 25.6 cm³/mol. The van der Waals surface area contributed by atoms with Crippen LogP contribution in [0.4, 0.5) is 0 Å². The van der Waals surface area contributed by atoms with E-state index >= 15 is 0 Å². The van der Waals surface area contributed by atoms with E-state index in [1.165, 1.54) is 0 Å². The molecule has 0 spiro atoms.